The molecule has 43 heteroatoms. The average molecular weight is 1680 g/mol. The molecule has 0 radical (unpaired) electrons. The highest BCUT2D eigenvalue weighted by Crippen LogP contribution is 2.16. The van der Waals surface area contributed by atoms with Crippen molar-refractivity contribution < 1.29 is 117 Å². The fourth-order valence-corrected chi connectivity index (χ4v) is 11.5. The van der Waals surface area contributed by atoms with Crippen LogP contribution < -0.4 is 90.8 Å². The number of carboxylic acid groups (broad SMARTS) is 1. The third kappa shape index (κ3) is 35.8. The van der Waals surface area contributed by atoms with E-state index >= 15 is 0 Å². The van der Waals surface area contributed by atoms with E-state index in [4.69, 9.17) is 5.73 Å². The number of nitrogens with two attached hydrogens (primary N) is 1. The summed E-state index contributed by atoms with van der Waals surface area (Å²) in [6.07, 6.45) is 1.17. The first-order chi connectivity index (χ1) is 53.7. The normalized spacial score (nSPS) is 16.9. The number of aliphatic hydroxyl groups is 6. The Hall–Kier alpha value is -8.59. The minimum Gasteiger partial charge on any atom is -0.480 e. The number of carboxylic acids is 1. The van der Waals surface area contributed by atoms with E-state index < -0.39 is 278 Å². The molecule has 0 spiro atoms. The molecule has 0 saturated heterocycles. The smallest absolute Gasteiger partial charge is 0.326 e. The molecule has 0 aliphatic carbocycles. The van der Waals surface area contributed by atoms with Crippen molar-refractivity contribution in [3.63, 3.8) is 0 Å². The molecular formula is C72H129N17O24S2. The van der Waals surface area contributed by atoms with Gasteiger partial charge in [-0.25, -0.2) is 4.79 Å². The van der Waals surface area contributed by atoms with E-state index in [0.29, 0.717) is 12.2 Å². The molecule has 0 saturated carbocycles. The molecule has 0 aromatic rings. The minimum absolute atomic E-state index is 0.103. The number of carbonyl (C=O) groups excluding carboxylic acids is 16. The summed E-state index contributed by atoms with van der Waals surface area (Å²) in [6, 6.07) is -25.9. The molecule has 0 heterocycles. The van der Waals surface area contributed by atoms with Crippen LogP contribution in [0, 0.1) is 41.4 Å². The van der Waals surface area contributed by atoms with Crippen LogP contribution >= 0.6 is 24.4 Å². The Morgan fingerprint density at radius 1 is 0.322 bits per heavy atom. The Morgan fingerprint density at radius 3 is 0.887 bits per heavy atom. The predicted molar refractivity (Wildman–Crippen MR) is 424 cm³/mol. The number of carbonyl (C=O) groups is 17. The van der Waals surface area contributed by atoms with Crippen LogP contribution in [0.25, 0.3) is 0 Å². The Balaban J connectivity index is 6.28. The van der Waals surface area contributed by atoms with E-state index in [0.717, 1.165) is 13.8 Å². The van der Waals surface area contributed by atoms with Crippen LogP contribution in [-0.4, -0.2) is 296 Å². The Labute approximate surface area is 680 Å². The second kappa shape index (κ2) is 53.6. The van der Waals surface area contributed by atoms with Gasteiger partial charge in [0.15, 0.2) is 0 Å². The first kappa shape index (κ1) is 106. The molecule has 0 aliphatic rings. The van der Waals surface area contributed by atoms with Crippen LogP contribution in [0.15, 0.2) is 0 Å². The molecule has 21 atom stereocenters. The van der Waals surface area contributed by atoms with Gasteiger partial charge in [-0.15, -0.1) is 0 Å². The summed E-state index contributed by atoms with van der Waals surface area (Å²) >= 11 is 5.70. The molecule has 115 heavy (non-hydrogen) atoms. The number of amides is 16. The maximum absolute atomic E-state index is 14.2. The largest absolute Gasteiger partial charge is 0.480 e. The Morgan fingerprint density at radius 2 is 0.565 bits per heavy atom. The lowest BCUT2D eigenvalue weighted by Gasteiger charge is -2.31. The number of rotatable bonds is 54. The van der Waals surface area contributed by atoms with Crippen molar-refractivity contribution in [2.24, 2.45) is 47.2 Å². The van der Waals surface area contributed by atoms with E-state index in [-0.39, 0.29) is 37.4 Å². The number of thiol groups is 1. The highest BCUT2D eigenvalue weighted by molar-refractivity contribution is 7.98. The van der Waals surface area contributed by atoms with Gasteiger partial charge >= 0.3 is 5.97 Å². The van der Waals surface area contributed by atoms with Crippen LogP contribution in [0.5, 0.6) is 0 Å². The van der Waals surface area contributed by atoms with E-state index in [9.17, 15) is 117 Å². The molecule has 41 nitrogen and oxygen atoms in total. The minimum atomic E-state index is -1.88. The molecule has 0 rings (SSSR count). The molecule has 16 amide bonds. The summed E-state index contributed by atoms with van der Waals surface area (Å²) in [5.41, 5.74) is 5.96. The summed E-state index contributed by atoms with van der Waals surface area (Å²) < 4.78 is 0. The van der Waals surface area contributed by atoms with Gasteiger partial charge in [0, 0.05) is 5.75 Å². The number of hydrogen-bond donors (Lipinski definition) is 25. The van der Waals surface area contributed by atoms with E-state index in [1.165, 1.54) is 25.6 Å². The van der Waals surface area contributed by atoms with Crippen LogP contribution in [-0.2, 0) is 81.5 Å². The number of hydrogen-bond acceptors (Lipinski definition) is 26. The van der Waals surface area contributed by atoms with Crippen molar-refractivity contribution in [2.45, 2.75) is 259 Å². The van der Waals surface area contributed by atoms with Crippen LogP contribution in [0.4, 0.5) is 0 Å². The summed E-state index contributed by atoms with van der Waals surface area (Å²) in [5, 5.41) is 109. The van der Waals surface area contributed by atoms with E-state index in [1.54, 1.807) is 90.0 Å². The summed E-state index contributed by atoms with van der Waals surface area (Å²) in [4.78, 5) is 230. The summed E-state index contributed by atoms with van der Waals surface area (Å²) in [7, 11) is 0. The second-order valence-corrected chi connectivity index (χ2v) is 31.2. The monoisotopic (exact) mass is 1680 g/mol. The first-order valence-corrected chi connectivity index (χ1v) is 40.4. The number of thioether (sulfide) groups is 1. The highest BCUT2D eigenvalue weighted by atomic mass is 32.2. The zero-order valence-electron chi connectivity index (χ0n) is 68.9. The zero-order chi connectivity index (χ0) is 88.8. The molecule has 0 aliphatic heterocycles. The SMILES string of the molecule is CC[C@H](C)[C@H](NC(=O)[C@H](C)NC(=O)[C@H](CO)NC(=O)[C@H](CO)NC(=O)[C@@H](NC(=O)[C@@H](NC(=O)[C@@H](N)CCSC)C(C)C)[C@@H](C)O)C(=O)N[C@@H](CO)C(=O)N[C@@H](CO)C(=O)N[C@@H](CC(C)C)C(=O)N[C@@H](C)C(=O)N[C@@H](CS)C(=O)N[C@H](C(=O)N[C@H](C(=O)N[C@@H](CO)C(=O)N[C@H](C(=O)N[C@H](C(=O)O)C(C)C)C(C)C)[C@@H](C)CC)[C@@H](C)CC. The van der Waals surface area contributed by atoms with Gasteiger partial charge in [0.05, 0.1) is 45.2 Å². The van der Waals surface area contributed by atoms with Crippen molar-refractivity contribution in [3.8, 4) is 0 Å². The third-order valence-electron chi connectivity index (χ3n) is 18.9. The van der Waals surface area contributed by atoms with E-state index in [2.05, 4.69) is 97.7 Å². The standard InChI is InChI=1S/C72H129N17O24S2/c1-19-35(12)52(86-57(97)39(16)75-60(100)43(25-90)77-63(103)46(28-93)81-71(111)55(40(17)95)89-67(107)49(32(6)7)83-58(98)41(73)22-23-115-18)68(108)79-45(27-92)62(102)78-44(26-91)61(101)76-42(24-31(4)5)59(99)74-38(15)56(96)82-48(30-114)65(105)87-54(37(14)21-3)70(110)88-53(36(13)20-2)69(109)80-47(29-94)64(104)84-50(33(8)9)66(106)85-51(34(10)11)72(112)113/h31-55,90-95,114H,19-30,73H2,1-18H3,(H,74,99)(H,75,100)(H,76,101)(H,77,103)(H,78,102)(H,79,108)(H,80,109)(H,81,111)(H,82,96)(H,83,98)(H,84,104)(H,85,106)(H,86,97)(H,87,105)(H,88,110)(H,89,107)(H,112,113)/t35-,36-,37-,38-,39-,40+,41-,42-,43-,44-,45-,46-,47-,48-,49-,50-,51-,52-,53-,54-,55-/m0/s1. The van der Waals surface area contributed by atoms with Crippen molar-refractivity contribution in [3.05, 3.63) is 0 Å². The van der Waals surface area contributed by atoms with Crippen molar-refractivity contribution >= 4 is 125 Å². The lowest BCUT2D eigenvalue weighted by molar-refractivity contribution is -0.144. The maximum Gasteiger partial charge on any atom is 0.326 e. The molecular weight excluding hydrogens is 1550 g/mol. The first-order valence-electron chi connectivity index (χ1n) is 38.3. The molecule has 0 fully saturated rings. The fraction of sp³-hybridized carbons (Fsp3) is 0.764. The van der Waals surface area contributed by atoms with Crippen LogP contribution in [0.3, 0.4) is 0 Å². The topological polar surface area (TPSA) is 650 Å². The predicted octanol–water partition coefficient (Wildman–Crippen LogP) is -7.63. The van der Waals surface area contributed by atoms with Gasteiger partial charge in [0.2, 0.25) is 94.5 Å². The number of aliphatic hydroxyl groups excluding tert-OH is 6. The molecule has 0 aromatic heterocycles. The molecule has 0 unspecified atom stereocenters. The molecule has 0 aromatic carbocycles. The quantitative estimate of drug-likeness (QED) is 0.0252. The van der Waals surface area contributed by atoms with Gasteiger partial charge < -0.3 is 127 Å². The molecule has 0 bridgehead atoms. The maximum atomic E-state index is 14.2. The number of aliphatic carboxylic acids is 1. The van der Waals surface area contributed by atoms with Gasteiger partial charge in [-0.2, -0.15) is 24.4 Å². The van der Waals surface area contributed by atoms with Crippen molar-refractivity contribution in [1.82, 2.24) is 85.1 Å². The average Bonchev–Trinajstić information content (AvgIpc) is 0.847. The Bertz CT molecular complexity index is 3250. The van der Waals surface area contributed by atoms with Gasteiger partial charge in [-0.3, -0.25) is 76.7 Å². The third-order valence-corrected chi connectivity index (χ3v) is 19.9. The summed E-state index contributed by atoms with van der Waals surface area (Å²) in [5.74, 6) is -21.3. The lowest BCUT2D eigenvalue weighted by atomic mass is 9.94. The van der Waals surface area contributed by atoms with Gasteiger partial charge in [-0.1, -0.05) is 116 Å². The molecule has 25 N–H and O–H groups in total. The number of nitrogens with one attached hydrogen (secondary N) is 16. The van der Waals surface area contributed by atoms with Crippen LogP contribution in [0.2, 0.25) is 0 Å². The van der Waals surface area contributed by atoms with Crippen LogP contribution in [0.1, 0.15) is 150 Å². The Kier molecular flexibility index (Phi) is 49.6. The van der Waals surface area contributed by atoms with Gasteiger partial charge in [0.25, 0.3) is 0 Å². The van der Waals surface area contributed by atoms with Gasteiger partial charge in [0.1, 0.15) is 96.7 Å². The summed E-state index contributed by atoms with van der Waals surface area (Å²) in [6.45, 7) is 20.7. The highest BCUT2D eigenvalue weighted by Gasteiger charge is 2.41. The zero-order valence-corrected chi connectivity index (χ0v) is 70.6. The second-order valence-electron chi connectivity index (χ2n) is 29.9. The lowest BCUT2D eigenvalue weighted by Crippen LogP contribution is -2.63. The fourth-order valence-electron chi connectivity index (χ4n) is 10.8. The van der Waals surface area contributed by atoms with Crippen molar-refractivity contribution in [1.29, 1.82) is 0 Å². The molecule has 658 valence electrons. The van der Waals surface area contributed by atoms with Gasteiger partial charge in [-0.05, 0) is 87.0 Å². The van der Waals surface area contributed by atoms with Crippen molar-refractivity contribution in [2.75, 3.05) is 50.8 Å². The van der Waals surface area contributed by atoms with E-state index in [1.807, 2.05) is 6.26 Å².